The summed E-state index contributed by atoms with van der Waals surface area (Å²) in [7, 11) is 0. The van der Waals surface area contributed by atoms with Gasteiger partial charge in [0.25, 0.3) is 5.92 Å². The van der Waals surface area contributed by atoms with E-state index in [9.17, 15) is 13.2 Å². The smallest absolute Gasteiger partial charge is 0.296 e. The van der Waals surface area contributed by atoms with Crippen molar-refractivity contribution in [3.05, 3.63) is 35.1 Å². The molecule has 0 fully saturated rings. The highest BCUT2D eigenvalue weighted by molar-refractivity contribution is 5.32. The van der Waals surface area contributed by atoms with Crippen LogP contribution in [0.25, 0.3) is 0 Å². The van der Waals surface area contributed by atoms with E-state index in [1.54, 1.807) is 0 Å². The molecule has 0 unspecified atom stereocenters. The van der Waals surface area contributed by atoms with Crippen LogP contribution in [0.15, 0.2) is 18.2 Å². The van der Waals surface area contributed by atoms with Crippen molar-refractivity contribution < 1.29 is 17.9 Å². The number of fused-ring (bicyclic) bond motifs is 1. The van der Waals surface area contributed by atoms with Crippen molar-refractivity contribution in [2.24, 2.45) is 0 Å². The second-order valence-corrected chi connectivity index (χ2v) is 3.00. The Hall–Kier alpha value is -1.03. The van der Waals surface area contributed by atoms with Crippen LogP contribution in [0.2, 0.25) is 0 Å². The fraction of sp³-hybridized carbons (Fsp3) is 0.333. The van der Waals surface area contributed by atoms with Crippen molar-refractivity contribution in [1.29, 1.82) is 0 Å². The van der Waals surface area contributed by atoms with Gasteiger partial charge >= 0.3 is 0 Å². The van der Waals surface area contributed by atoms with Gasteiger partial charge in [0.1, 0.15) is 12.4 Å². The van der Waals surface area contributed by atoms with E-state index in [2.05, 4.69) is 4.74 Å². The lowest BCUT2D eigenvalue weighted by molar-refractivity contribution is -0.103. The van der Waals surface area contributed by atoms with Crippen LogP contribution < -0.4 is 0 Å². The van der Waals surface area contributed by atoms with E-state index in [4.69, 9.17) is 0 Å². The summed E-state index contributed by atoms with van der Waals surface area (Å²) in [6.45, 7) is -0.533. The van der Waals surface area contributed by atoms with Crippen LogP contribution in [0.1, 0.15) is 11.1 Å². The van der Waals surface area contributed by atoms with E-state index >= 15 is 0 Å². The van der Waals surface area contributed by atoms with Crippen LogP contribution in [0.4, 0.5) is 13.2 Å². The average Bonchev–Trinajstić information content (AvgIpc) is 2.06. The molecule has 1 aromatic rings. The molecule has 0 spiro atoms. The number of hydrogen-bond acceptors (Lipinski definition) is 1. The summed E-state index contributed by atoms with van der Waals surface area (Å²) in [5.41, 5.74) is 0.108. The molecule has 0 N–H and O–H groups in total. The number of rotatable bonds is 0. The van der Waals surface area contributed by atoms with Gasteiger partial charge in [0.2, 0.25) is 0 Å². The Labute approximate surface area is 73.1 Å². The van der Waals surface area contributed by atoms with Crippen molar-refractivity contribution in [1.82, 2.24) is 0 Å². The highest BCUT2D eigenvalue weighted by Gasteiger charge is 2.37. The number of alkyl halides is 2. The standard InChI is InChI=1S/C9H7F3O/c10-7-2-1-6-4-13-5-9(11,12)8(6)3-7/h1-3H,4-5H2. The van der Waals surface area contributed by atoms with Gasteiger partial charge in [-0.25, -0.2) is 4.39 Å². The Morgan fingerprint density at radius 2 is 2.08 bits per heavy atom. The monoisotopic (exact) mass is 188 g/mol. The maximum atomic E-state index is 13.1. The first kappa shape index (κ1) is 8.56. The zero-order chi connectivity index (χ0) is 9.47. The maximum Gasteiger partial charge on any atom is 0.296 e. The van der Waals surface area contributed by atoms with E-state index in [0.29, 0.717) is 5.56 Å². The summed E-state index contributed by atoms with van der Waals surface area (Å²) in [4.78, 5) is 0. The third-order valence-corrected chi connectivity index (χ3v) is 2.01. The van der Waals surface area contributed by atoms with Gasteiger partial charge in [-0.2, -0.15) is 8.78 Å². The van der Waals surface area contributed by atoms with Crippen LogP contribution in [0, 0.1) is 5.82 Å². The minimum absolute atomic E-state index is 0.130. The van der Waals surface area contributed by atoms with Gasteiger partial charge in [0, 0.05) is 5.56 Å². The van der Waals surface area contributed by atoms with Gasteiger partial charge in [0.15, 0.2) is 0 Å². The molecule has 70 valence electrons. The average molecular weight is 188 g/mol. The van der Waals surface area contributed by atoms with Gasteiger partial charge < -0.3 is 4.74 Å². The summed E-state index contributed by atoms with van der Waals surface area (Å²) >= 11 is 0. The summed E-state index contributed by atoms with van der Waals surface area (Å²) in [5.74, 6) is -3.70. The van der Waals surface area contributed by atoms with Crippen LogP contribution in [-0.4, -0.2) is 6.61 Å². The number of ether oxygens (including phenoxy) is 1. The first-order valence-corrected chi connectivity index (χ1v) is 3.84. The number of benzene rings is 1. The molecule has 0 aromatic heterocycles. The molecule has 1 aliphatic rings. The fourth-order valence-electron chi connectivity index (χ4n) is 1.38. The molecule has 1 nitrogen and oxygen atoms in total. The van der Waals surface area contributed by atoms with Crippen molar-refractivity contribution in [3.63, 3.8) is 0 Å². The molecule has 0 aliphatic carbocycles. The Balaban J connectivity index is 2.55. The lowest BCUT2D eigenvalue weighted by atomic mass is 10.0. The largest absolute Gasteiger partial charge is 0.370 e. The third kappa shape index (κ3) is 1.42. The normalized spacial score (nSPS) is 19.6. The predicted molar refractivity (Wildman–Crippen MR) is 40.0 cm³/mol. The zero-order valence-corrected chi connectivity index (χ0v) is 6.69. The minimum Gasteiger partial charge on any atom is -0.370 e. The molecule has 1 heterocycles. The third-order valence-electron chi connectivity index (χ3n) is 2.01. The highest BCUT2D eigenvalue weighted by Crippen LogP contribution is 2.35. The topological polar surface area (TPSA) is 9.23 Å². The molecule has 1 aromatic carbocycles. The zero-order valence-electron chi connectivity index (χ0n) is 6.69. The van der Waals surface area contributed by atoms with Crippen LogP contribution in [0.3, 0.4) is 0 Å². The molecular weight excluding hydrogens is 181 g/mol. The Morgan fingerprint density at radius 1 is 1.31 bits per heavy atom. The SMILES string of the molecule is Fc1ccc2c(c1)C(F)(F)COC2. The Bertz CT molecular complexity index is 336. The number of hydrogen-bond donors (Lipinski definition) is 0. The van der Waals surface area contributed by atoms with Gasteiger partial charge in [-0.05, 0) is 17.7 Å². The highest BCUT2D eigenvalue weighted by atomic mass is 19.3. The molecule has 1 aliphatic heterocycles. The van der Waals surface area contributed by atoms with E-state index in [-0.39, 0.29) is 12.2 Å². The molecule has 0 saturated heterocycles. The first-order valence-electron chi connectivity index (χ1n) is 3.84. The van der Waals surface area contributed by atoms with Crippen LogP contribution in [0.5, 0.6) is 0 Å². The molecule has 0 amide bonds. The number of halogens is 3. The molecule has 4 heteroatoms. The molecule has 0 bridgehead atoms. The van der Waals surface area contributed by atoms with Gasteiger partial charge in [0.05, 0.1) is 6.61 Å². The lowest BCUT2D eigenvalue weighted by Crippen LogP contribution is -2.27. The van der Waals surface area contributed by atoms with E-state index < -0.39 is 18.3 Å². The van der Waals surface area contributed by atoms with Crippen molar-refractivity contribution in [2.75, 3.05) is 6.61 Å². The van der Waals surface area contributed by atoms with E-state index in [1.807, 2.05) is 0 Å². The second kappa shape index (κ2) is 2.73. The summed E-state index contributed by atoms with van der Waals surface area (Å²) < 4.78 is 43.5. The molecule has 0 saturated carbocycles. The quantitative estimate of drug-likeness (QED) is 0.607. The van der Waals surface area contributed by atoms with Crippen molar-refractivity contribution in [3.8, 4) is 0 Å². The van der Waals surface area contributed by atoms with Gasteiger partial charge in [-0.3, -0.25) is 0 Å². The second-order valence-electron chi connectivity index (χ2n) is 3.00. The predicted octanol–water partition coefficient (Wildman–Crippen LogP) is 2.45. The van der Waals surface area contributed by atoms with Crippen molar-refractivity contribution in [2.45, 2.75) is 12.5 Å². The van der Waals surface area contributed by atoms with Crippen molar-refractivity contribution >= 4 is 0 Å². The van der Waals surface area contributed by atoms with E-state index in [0.717, 1.165) is 12.1 Å². The van der Waals surface area contributed by atoms with E-state index in [1.165, 1.54) is 6.07 Å². The van der Waals surface area contributed by atoms with Crippen LogP contribution in [-0.2, 0) is 17.3 Å². The summed E-state index contributed by atoms with van der Waals surface area (Å²) in [6.07, 6.45) is 0. The van der Waals surface area contributed by atoms with Crippen LogP contribution >= 0.6 is 0 Å². The summed E-state index contributed by atoms with van der Waals surface area (Å²) in [5, 5.41) is 0. The maximum absolute atomic E-state index is 13.1. The minimum atomic E-state index is -3.06. The molecule has 13 heavy (non-hydrogen) atoms. The Kier molecular flexibility index (Phi) is 1.80. The molecule has 2 rings (SSSR count). The molecule has 0 atom stereocenters. The Morgan fingerprint density at radius 3 is 2.85 bits per heavy atom. The fourth-order valence-corrected chi connectivity index (χ4v) is 1.38. The molecular formula is C9H7F3O. The van der Waals surface area contributed by atoms with Gasteiger partial charge in [-0.1, -0.05) is 6.07 Å². The lowest BCUT2D eigenvalue weighted by Gasteiger charge is -2.25. The van der Waals surface area contributed by atoms with Gasteiger partial charge in [-0.15, -0.1) is 0 Å². The first-order chi connectivity index (χ1) is 6.09. The summed E-state index contributed by atoms with van der Waals surface area (Å²) in [6, 6.07) is 3.36. The molecule has 0 radical (unpaired) electrons.